The Morgan fingerprint density at radius 2 is 2.00 bits per heavy atom. The van der Waals surface area contributed by atoms with Crippen molar-refractivity contribution in [2.24, 2.45) is 0 Å². The number of unbranched alkanes of at least 4 members (excludes halogenated alkanes) is 1. The van der Waals surface area contributed by atoms with Crippen LogP contribution in [0.5, 0.6) is 0 Å². The molecule has 0 radical (unpaired) electrons. The molecule has 0 amide bonds. The third kappa shape index (κ3) is 2.05. The van der Waals surface area contributed by atoms with Crippen LogP contribution in [-0.4, -0.2) is 9.97 Å². The molecule has 0 bridgehead atoms. The largest absolute Gasteiger partial charge is 0.326 e. The third-order valence-corrected chi connectivity index (χ3v) is 2.62. The van der Waals surface area contributed by atoms with Crippen molar-refractivity contribution in [1.29, 1.82) is 0 Å². The molecule has 84 valence electrons. The summed E-state index contributed by atoms with van der Waals surface area (Å²) in [5, 5.41) is 0.549. The Kier molecular flexibility index (Phi) is 2.90. The highest BCUT2D eigenvalue weighted by atomic mass is 16.2. The average molecular weight is 218 g/mol. The van der Waals surface area contributed by atoms with E-state index in [0.29, 0.717) is 10.9 Å². The molecule has 0 aliphatic carbocycles. The average Bonchev–Trinajstić information content (AvgIpc) is 2.26. The molecule has 0 atom stereocenters. The van der Waals surface area contributed by atoms with E-state index >= 15 is 0 Å². The number of benzene rings is 1. The lowest BCUT2D eigenvalue weighted by Crippen LogP contribution is -2.21. The maximum atomic E-state index is 11.6. The quantitative estimate of drug-likeness (QED) is 0.821. The normalized spacial score (nSPS) is 10.8. The number of aromatic nitrogens is 2. The lowest BCUT2D eigenvalue weighted by atomic mass is 10.1. The SMILES string of the molecule is CCCCc1ccc2[nH]c(=O)[nH]c(=O)c2c1. The molecule has 0 spiro atoms. The van der Waals surface area contributed by atoms with Gasteiger partial charge in [0.2, 0.25) is 0 Å². The Bertz CT molecular complexity index is 610. The Labute approximate surface area is 92.3 Å². The lowest BCUT2D eigenvalue weighted by molar-refractivity contribution is 0.795. The van der Waals surface area contributed by atoms with Crippen LogP contribution in [0.4, 0.5) is 0 Å². The molecule has 0 aliphatic rings. The predicted octanol–water partition coefficient (Wildman–Crippen LogP) is 1.56. The maximum absolute atomic E-state index is 11.6. The number of aryl methyl sites for hydroxylation is 1. The van der Waals surface area contributed by atoms with E-state index in [1.54, 1.807) is 6.07 Å². The molecule has 16 heavy (non-hydrogen) atoms. The fourth-order valence-corrected chi connectivity index (χ4v) is 1.75. The number of rotatable bonds is 3. The van der Waals surface area contributed by atoms with E-state index < -0.39 is 5.69 Å². The first kappa shape index (κ1) is 10.7. The van der Waals surface area contributed by atoms with Crippen LogP contribution >= 0.6 is 0 Å². The third-order valence-electron chi connectivity index (χ3n) is 2.62. The van der Waals surface area contributed by atoms with Crippen LogP contribution in [0.3, 0.4) is 0 Å². The summed E-state index contributed by atoms with van der Waals surface area (Å²) in [6.45, 7) is 2.13. The van der Waals surface area contributed by atoms with Crippen molar-refractivity contribution >= 4 is 10.9 Å². The Morgan fingerprint density at radius 1 is 1.19 bits per heavy atom. The first-order valence-electron chi connectivity index (χ1n) is 5.46. The minimum atomic E-state index is -0.459. The van der Waals surface area contributed by atoms with Crippen molar-refractivity contribution in [2.75, 3.05) is 0 Å². The van der Waals surface area contributed by atoms with E-state index in [1.165, 1.54) is 0 Å². The second-order valence-electron chi connectivity index (χ2n) is 3.89. The number of nitrogens with one attached hydrogen (secondary N) is 2. The van der Waals surface area contributed by atoms with Crippen LogP contribution in [0.15, 0.2) is 27.8 Å². The molecule has 4 nitrogen and oxygen atoms in total. The van der Waals surface area contributed by atoms with Gasteiger partial charge >= 0.3 is 5.69 Å². The molecule has 2 N–H and O–H groups in total. The molecule has 2 rings (SSSR count). The molecular formula is C12H14N2O2. The van der Waals surface area contributed by atoms with Crippen molar-refractivity contribution in [2.45, 2.75) is 26.2 Å². The molecule has 0 aliphatic heterocycles. The van der Waals surface area contributed by atoms with Crippen molar-refractivity contribution in [3.8, 4) is 0 Å². The number of fused-ring (bicyclic) bond motifs is 1. The molecule has 2 aromatic rings. The number of hydrogen-bond acceptors (Lipinski definition) is 2. The van der Waals surface area contributed by atoms with Gasteiger partial charge in [0.1, 0.15) is 0 Å². The molecule has 0 fully saturated rings. The number of aromatic amines is 2. The van der Waals surface area contributed by atoms with E-state index in [1.807, 2.05) is 12.1 Å². The fourth-order valence-electron chi connectivity index (χ4n) is 1.75. The smallest absolute Gasteiger partial charge is 0.307 e. The van der Waals surface area contributed by atoms with Crippen LogP contribution < -0.4 is 11.2 Å². The molecular weight excluding hydrogens is 204 g/mol. The molecule has 4 heteroatoms. The topological polar surface area (TPSA) is 65.7 Å². The highest BCUT2D eigenvalue weighted by Crippen LogP contribution is 2.11. The van der Waals surface area contributed by atoms with Crippen molar-refractivity contribution in [3.63, 3.8) is 0 Å². The van der Waals surface area contributed by atoms with Crippen molar-refractivity contribution in [1.82, 2.24) is 9.97 Å². The summed E-state index contributed by atoms with van der Waals surface area (Å²) < 4.78 is 0. The Morgan fingerprint density at radius 3 is 2.75 bits per heavy atom. The predicted molar refractivity (Wildman–Crippen MR) is 63.8 cm³/mol. The van der Waals surface area contributed by atoms with Crippen molar-refractivity contribution < 1.29 is 0 Å². The van der Waals surface area contributed by atoms with Gasteiger partial charge in [0.25, 0.3) is 5.56 Å². The highest BCUT2D eigenvalue weighted by molar-refractivity contribution is 5.77. The van der Waals surface area contributed by atoms with E-state index in [-0.39, 0.29) is 5.56 Å². The summed E-state index contributed by atoms with van der Waals surface area (Å²) in [6.07, 6.45) is 3.19. The first-order valence-corrected chi connectivity index (χ1v) is 5.46. The highest BCUT2D eigenvalue weighted by Gasteiger charge is 2.01. The van der Waals surface area contributed by atoms with Gasteiger partial charge in [-0.05, 0) is 30.5 Å². The number of hydrogen-bond donors (Lipinski definition) is 2. The van der Waals surface area contributed by atoms with Crippen molar-refractivity contribution in [3.05, 3.63) is 44.6 Å². The summed E-state index contributed by atoms with van der Waals surface area (Å²) >= 11 is 0. The Balaban J connectivity index is 2.53. The summed E-state index contributed by atoms with van der Waals surface area (Å²) in [5.41, 5.74) is 0.941. The van der Waals surface area contributed by atoms with Gasteiger partial charge in [-0.1, -0.05) is 19.4 Å². The standard InChI is InChI=1S/C12H14N2O2/c1-2-3-4-8-5-6-10-9(7-8)11(15)14-12(16)13-10/h5-7H,2-4H2,1H3,(H2,13,14,15,16). The number of H-pyrrole nitrogens is 2. The molecule has 1 aromatic heterocycles. The van der Waals surface area contributed by atoms with Crippen LogP contribution in [0.1, 0.15) is 25.3 Å². The van der Waals surface area contributed by atoms with Gasteiger partial charge in [0, 0.05) is 0 Å². The zero-order chi connectivity index (χ0) is 11.5. The van der Waals surface area contributed by atoms with Gasteiger partial charge in [-0.3, -0.25) is 9.78 Å². The Hall–Kier alpha value is -1.84. The lowest BCUT2D eigenvalue weighted by Gasteiger charge is -2.01. The second-order valence-corrected chi connectivity index (χ2v) is 3.89. The van der Waals surface area contributed by atoms with Gasteiger partial charge in [0.15, 0.2) is 0 Å². The van der Waals surface area contributed by atoms with Crippen LogP contribution in [0, 0.1) is 0 Å². The summed E-state index contributed by atoms with van der Waals surface area (Å²) in [4.78, 5) is 27.4. The monoisotopic (exact) mass is 218 g/mol. The van der Waals surface area contributed by atoms with Crippen LogP contribution in [0.25, 0.3) is 10.9 Å². The minimum Gasteiger partial charge on any atom is -0.307 e. The second kappa shape index (κ2) is 4.35. The van der Waals surface area contributed by atoms with E-state index in [2.05, 4.69) is 16.9 Å². The first-order chi connectivity index (χ1) is 7.70. The maximum Gasteiger partial charge on any atom is 0.326 e. The molecule has 0 unspecified atom stereocenters. The summed E-state index contributed by atoms with van der Waals surface area (Å²) in [5.74, 6) is 0. The molecule has 0 saturated heterocycles. The van der Waals surface area contributed by atoms with E-state index in [9.17, 15) is 9.59 Å². The summed E-state index contributed by atoms with van der Waals surface area (Å²) in [6, 6.07) is 5.59. The zero-order valence-electron chi connectivity index (χ0n) is 9.17. The molecule has 1 heterocycles. The van der Waals surface area contributed by atoms with Gasteiger partial charge in [0.05, 0.1) is 10.9 Å². The fraction of sp³-hybridized carbons (Fsp3) is 0.333. The zero-order valence-corrected chi connectivity index (χ0v) is 9.17. The van der Waals surface area contributed by atoms with Gasteiger partial charge in [-0.25, -0.2) is 4.79 Å². The van der Waals surface area contributed by atoms with E-state index in [0.717, 1.165) is 24.8 Å². The van der Waals surface area contributed by atoms with E-state index in [4.69, 9.17) is 0 Å². The molecule has 1 aromatic carbocycles. The van der Waals surface area contributed by atoms with Crippen LogP contribution in [0.2, 0.25) is 0 Å². The minimum absolute atomic E-state index is 0.322. The summed E-state index contributed by atoms with van der Waals surface area (Å²) in [7, 11) is 0. The molecule has 0 saturated carbocycles. The van der Waals surface area contributed by atoms with Gasteiger partial charge in [-0.15, -0.1) is 0 Å². The van der Waals surface area contributed by atoms with Gasteiger partial charge in [-0.2, -0.15) is 0 Å². The van der Waals surface area contributed by atoms with Gasteiger partial charge < -0.3 is 4.98 Å². The van der Waals surface area contributed by atoms with Crippen LogP contribution in [-0.2, 0) is 6.42 Å².